The molecule has 0 spiro atoms. The summed E-state index contributed by atoms with van der Waals surface area (Å²) in [6.45, 7) is 4.66. The van der Waals surface area contributed by atoms with Gasteiger partial charge in [-0.2, -0.15) is 17.0 Å². The second-order valence-electron chi connectivity index (χ2n) is 6.22. The fourth-order valence-corrected chi connectivity index (χ4v) is 3.91. The van der Waals surface area contributed by atoms with Gasteiger partial charge in [0.1, 0.15) is 0 Å². The van der Waals surface area contributed by atoms with Crippen LogP contribution in [0.15, 0.2) is 18.2 Å². The summed E-state index contributed by atoms with van der Waals surface area (Å²) in [7, 11) is -0.449. The highest BCUT2D eigenvalue weighted by Crippen LogP contribution is 2.23. The molecule has 0 aromatic heterocycles. The molecule has 1 atom stereocenters. The second kappa shape index (κ2) is 6.98. The Balaban J connectivity index is 2.09. The minimum atomic E-state index is -3.47. The van der Waals surface area contributed by atoms with Crippen LogP contribution in [0.25, 0.3) is 0 Å². The summed E-state index contributed by atoms with van der Waals surface area (Å²) in [5.74, 6) is -0.434. The first-order valence-electron chi connectivity index (χ1n) is 7.78. The number of anilines is 1. The Bertz CT molecular complexity index is 686. The molecule has 23 heavy (non-hydrogen) atoms. The van der Waals surface area contributed by atoms with Crippen molar-refractivity contribution < 1.29 is 13.2 Å². The average molecular weight is 339 g/mol. The van der Waals surface area contributed by atoms with E-state index in [2.05, 4.69) is 5.32 Å². The number of aryl methyl sites for hydroxylation is 1. The third kappa shape index (κ3) is 3.91. The van der Waals surface area contributed by atoms with Gasteiger partial charge in [-0.3, -0.25) is 4.79 Å². The number of nitrogens with zero attached hydrogens (tertiary/aromatic N) is 2. The van der Waals surface area contributed by atoms with Gasteiger partial charge in [0.05, 0.1) is 5.92 Å². The largest absolute Gasteiger partial charge is 0.326 e. The summed E-state index contributed by atoms with van der Waals surface area (Å²) in [6, 6.07) is 5.77. The summed E-state index contributed by atoms with van der Waals surface area (Å²) in [5.41, 5.74) is 2.94. The molecule has 0 saturated carbocycles. The summed E-state index contributed by atoms with van der Waals surface area (Å²) in [5, 5.41) is 2.95. The molecular weight excluding hydrogens is 314 g/mol. The van der Waals surface area contributed by atoms with E-state index in [9.17, 15) is 13.2 Å². The number of nitrogens with one attached hydrogen (secondary N) is 1. The van der Waals surface area contributed by atoms with E-state index in [0.29, 0.717) is 19.4 Å². The maximum Gasteiger partial charge on any atom is 0.281 e. The molecule has 0 unspecified atom stereocenters. The van der Waals surface area contributed by atoms with Crippen molar-refractivity contribution in [3.8, 4) is 0 Å². The number of carbonyl (C=O) groups excluding carboxylic acids is 1. The topological polar surface area (TPSA) is 69.7 Å². The van der Waals surface area contributed by atoms with E-state index in [-0.39, 0.29) is 18.4 Å². The molecule has 1 aromatic carbocycles. The number of piperidine rings is 1. The van der Waals surface area contributed by atoms with Gasteiger partial charge >= 0.3 is 0 Å². The van der Waals surface area contributed by atoms with Gasteiger partial charge in [-0.15, -0.1) is 0 Å². The van der Waals surface area contributed by atoms with Gasteiger partial charge in [0.25, 0.3) is 10.2 Å². The van der Waals surface area contributed by atoms with Crippen molar-refractivity contribution in [2.24, 2.45) is 5.92 Å². The van der Waals surface area contributed by atoms with Crippen molar-refractivity contribution in [1.29, 1.82) is 0 Å². The lowest BCUT2D eigenvalue weighted by molar-refractivity contribution is -0.120. The number of carbonyl (C=O) groups is 1. The first-order chi connectivity index (χ1) is 10.7. The van der Waals surface area contributed by atoms with E-state index >= 15 is 0 Å². The normalized spacial score (nSPS) is 19.8. The number of amides is 1. The molecule has 0 aliphatic carbocycles. The van der Waals surface area contributed by atoms with E-state index in [0.717, 1.165) is 16.8 Å². The zero-order valence-corrected chi connectivity index (χ0v) is 15.0. The molecule has 1 saturated heterocycles. The zero-order chi connectivity index (χ0) is 17.2. The Kier molecular flexibility index (Phi) is 5.44. The lowest BCUT2D eigenvalue weighted by Gasteiger charge is -2.32. The van der Waals surface area contributed by atoms with Crippen LogP contribution in [0.4, 0.5) is 5.69 Å². The minimum absolute atomic E-state index is 0.114. The number of hydrogen-bond donors (Lipinski definition) is 1. The number of hydrogen-bond acceptors (Lipinski definition) is 3. The van der Waals surface area contributed by atoms with Gasteiger partial charge < -0.3 is 5.32 Å². The minimum Gasteiger partial charge on any atom is -0.326 e. The molecule has 1 aliphatic rings. The molecule has 0 radical (unpaired) electrons. The molecule has 1 aromatic rings. The van der Waals surface area contributed by atoms with Crippen LogP contribution in [-0.4, -0.2) is 50.1 Å². The number of rotatable bonds is 4. The van der Waals surface area contributed by atoms with Crippen molar-refractivity contribution in [2.45, 2.75) is 26.7 Å². The molecule has 128 valence electrons. The molecule has 1 fully saturated rings. The molecule has 6 nitrogen and oxygen atoms in total. The third-order valence-electron chi connectivity index (χ3n) is 4.41. The van der Waals surface area contributed by atoms with E-state index in [4.69, 9.17) is 0 Å². The highest BCUT2D eigenvalue weighted by Gasteiger charge is 2.33. The quantitative estimate of drug-likeness (QED) is 0.909. The van der Waals surface area contributed by atoms with Gasteiger partial charge in [0, 0.05) is 32.9 Å². The van der Waals surface area contributed by atoms with E-state index in [1.54, 1.807) is 0 Å². The maximum absolute atomic E-state index is 12.5. The lowest BCUT2D eigenvalue weighted by atomic mass is 9.98. The van der Waals surface area contributed by atoms with Gasteiger partial charge in [0.2, 0.25) is 5.91 Å². The smallest absolute Gasteiger partial charge is 0.281 e. The molecular formula is C16H25N3O3S. The Hall–Kier alpha value is -1.44. The predicted molar refractivity (Wildman–Crippen MR) is 91.4 cm³/mol. The van der Waals surface area contributed by atoms with Crippen LogP contribution in [0.3, 0.4) is 0 Å². The van der Waals surface area contributed by atoms with Crippen molar-refractivity contribution in [2.75, 3.05) is 32.5 Å². The van der Waals surface area contributed by atoms with Crippen LogP contribution in [0.2, 0.25) is 0 Å². The van der Waals surface area contributed by atoms with Crippen LogP contribution in [0, 0.1) is 19.8 Å². The highest BCUT2D eigenvalue weighted by atomic mass is 32.2. The SMILES string of the molecule is Cc1cccc(NC(=O)[C@H]2CCCN(S(=O)(=O)N(C)C)C2)c1C. The van der Waals surface area contributed by atoms with E-state index in [1.807, 2.05) is 32.0 Å². The highest BCUT2D eigenvalue weighted by molar-refractivity contribution is 7.86. The Morgan fingerprint density at radius 2 is 2.00 bits per heavy atom. The molecule has 0 bridgehead atoms. The summed E-state index contributed by atoms with van der Waals surface area (Å²) < 4.78 is 27.0. The Morgan fingerprint density at radius 1 is 1.30 bits per heavy atom. The molecule has 7 heteroatoms. The van der Waals surface area contributed by atoms with Gasteiger partial charge in [-0.05, 0) is 43.9 Å². The first-order valence-corrected chi connectivity index (χ1v) is 9.18. The molecule has 2 rings (SSSR count). The second-order valence-corrected chi connectivity index (χ2v) is 8.37. The van der Waals surface area contributed by atoms with Crippen LogP contribution >= 0.6 is 0 Å². The maximum atomic E-state index is 12.5. The Labute approximate surface area is 138 Å². The summed E-state index contributed by atoms with van der Waals surface area (Å²) >= 11 is 0. The fraction of sp³-hybridized carbons (Fsp3) is 0.562. The van der Waals surface area contributed by atoms with Gasteiger partial charge in [-0.1, -0.05) is 12.1 Å². The average Bonchev–Trinajstić information content (AvgIpc) is 2.51. The van der Waals surface area contributed by atoms with Crippen LogP contribution in [-0.2, 0) is 15.0 Å². The van der Waals surface area contributed by atoms with Crippen LogP contribution in [0.1, 0.15) is 24.0 Å². The third-order valence-corrected chi connectivity index (χ3v) is 6.31. The Morgan fingerprint density at radius 3 is 2.65 bits per heavy atom. The van der Waals surface area contributed by atoms with E-state index in [1.165, 1.54) is 22.7 Å². The number of benzene rings is 1. The first kappa shape index (κ1) is 17.9. The predicted octanol–water partition coefficient (Wildman–Crippen LogP) is 1.76. The zero-order valence-electron chi connectivity index (χ0n) is 14.2. The molecule has 1 N–H and O–H groups in total. The van der Waals surface area contributed by atoms with Crippen LogP contribution < -0.4 is 5.32 Å². The van der Waals surface area contributed by atoms with Crippen molar-refractivity contribution in [1.82, 2.24) is 8.61 Å². The van der Waals surface area contributed by atoms with Crippen molar-refractivity contribution in [3.05, 3.63) is 29.3 Å². The van der Waals surface area contributed by atoms with Gasteiger partial charge in [-0.25, -0.2) is 0 Å². The summed E-state index contributed by atoms with van der Waals surface area (Å²) in [6.07, 6.45) is 1.40. The standard InChI is InChI=1S/C16H25N3O3S/c1-12-7-5-9-15(13(12)2)17-16(20)14-8-6-10-19(11-14)23(21,22)18(3)4/h5,7,9,14H,6,8,10-11H2,1-4H3,(H,17,20)/t14-/m0/s1. The molecule has 1 amide bonds. The van der Waals surface area contributed by atoms with E-state index < -0.39 is 10.2 Å². The molecule has 1 heterocycles. The monoisotopic (exact) mass is 339 g/mol. The molecule has 1 aliphatic heterocycles. The van der Waals surface area contributed by atoms with Crippen molar-refractivity contribution in [3.63, 3.8) is 0 Å². The van der Waals surface area contributed by atoms with Crippen molar-refractivity contribution >= 4 is 21.8 Å². The van der Waals surface area contributed by atoms with Crippen LogP contribution in [0.5, 0.6) is 0 Å². The van der Waals surface area contributed by atoms with Gasteiger partial charge in [0.15, 0.2) is 0 Å². The lowest BCUT2D eigenvalue weighted by Crippen LogP contribution is -2.47. The summed E-state index contributed by atoms with van der Waals surface area (Å²) in [4.78, 5) is 12.5. The fourth-order valence-electron chi connectivity index (χ4n) is 2.72.